The summed E-state index contributed by atoms with van der Waals surface area (Å²) in [6.45, 7) is 3.23. The number of carbonyl (C=O) groups excluding carboxylic acids is 1. The van der Waals surface area contributed by atoms with E-state index < -0.39 is 10.0 Å². The second kappa shape index (κ2) is 8.70. The number of rotatable bonds is 8. The van der Waals surface area contributed by atoms with E-state index in [1.807, 2.05) is 0 Å². The van der Waals surface area contributed by atoms with Gasteiger partial charge < -0.3 is 10.6 Å². The number of sulfonamides is 1. The molecular formula is C14H22FN3O3S. The molecule has 1 aromatic carbocycles. The number of carbonyl (C=O) groups is 1. The summed E-state index contributed by atoms with van der Waals surface area (Å²) in [5.41, 5.74) is 0.797. The molecule has 0 aliphatic carbocycles. The van der Waals surface area contributed by atoms with E-state index in [0.717, 1.165) is 5.56 Å². The van der Waals surface area contributed by atoms with Gasteiger partial charge in [-0.05, 0) is 24.1 Å². The van der Waals surface area contributed by atoms with Crippen molar-refractivity contribution in [3.8, 4) is 0 Å². The van der Waals surface area contributed by atoms with Crippen LogP contribution in [0.15, 0.2) is 24.3 Å². The molecule has 0 aliphatic heterocycles. The van der Waals surface area contributed by atoms with E-state index >= 15 is 0 Å². The highest BCUT2D eigenvalue weighted by Crippen LogP contribution is 2.02. The average molecular weight is 331 g/mol. The van der Waals surface area contributed by atoms with Crippen LogP contribution in [0.3, 0.4) is 0 Å². The molecule has 0 unspecified atom stereocenters. The predicted molar refractivity (Wildman–Crippen MR) is 83.3 cm³/mol. The van der Waals surface area contributed by atoms with Crippen molar-refractivity contribution in [2.75, 3.05) is 25.9 Å². The van der Waals surface area contributed by atoms with Gasteiger partial charge in [0.15, 0.2) is 0 Å². The maximum Gasteiger partial charge on any atom is 0.315 e. The Morgan fingerprint density at radius 2 is 1.86 bits per heavy atom. The van der Waals surface area contributed by atoms with Gasteiger partial charge in [0.2, 0.25) is 10.0 Å². The van der Waals surface area contributed by atoms with E-state index in [1.54, 1.807) is 19.1 Å². The van der Waals surface area contributed by atoms with Gasteiger partial charge in [0.1, 0.15) is 5.82 Å². The monoisotopic (exact) mass is 331 g/mol. The molecule has 0 heterocycles. The van der Waals surface area contributed by atoms with Crippen molar-refractivity contribution in [2.24, 2.45) is 0 Å². The summed E-state index contributed by atoms with van der Waals surface area (Å²) in [4.78, 5) is 11.6. The molecular weight excluding hydrogens is 309 g/mol. The van der Waals surface area contributed by atoms with Gasteiger partial charge >= 0.3 is 6.03 Å². The molecule has 0 bridgehead atoms. The lowest BCUT2D eigenvalue weighted by Gasteiger charge is -2.17. The molecule has 0 aliphatic rings. The minimum absolute atomic E-state index is 0.302. The Bertz CT molecular complexity index is 576. The van der Waals surface area contributed by atoms with Gasteiger partial charge in [-0.3, -0.25) is 0 Å². The number of hydrogen-bond acceptors (Lipinski definition) is 3. The summed E-state index contributed by atoms with van der Waals surface area (Å²) in [6.07, 6.45) is 1.70. The molecule has 0 aromatic heterocycles. The van der Waals surface area contributed by atoms with E-state index in [2.05, 4.69) is 10.6 Å². The van der Waals surface area contributed by atoms with Gasteiger partial charge in [0, 0.05) is 26.2 Å². The maximum absolute atomic E-state index is 12.7. The van der Waals surface area contributed by atoms with Gasteiger partial charge in [0.05, 0.1) is 6.26 Å². The van der Waals surface area contributed by atoms with Gasteiger partial charge in [0.25, 0.3) is 0 Å². The van der Waals surface area contributed by atoms with Crippen LogP contribution in [0.25, 0.3) is 0 Å². The lowest BCUT2D eigenvalue weighted by atomic mass is 10.2. The van der Waals surface area contributed by atoms with Gasteiger partial charge in [-0.15, -0.1) is 0 Å². The van der Waals surface area contributed by atoms with Crippen molar-refractivity contribution >= 4 is 16.1 Å². The summed E-state index contributed by atoms with van der Waals surface area (Å²) >= 11 is 0. The summed E-state index contributed by atoms with van der Waals surface area (Å²) in [5, 5.41) is 5.30. The van der Waals surface area contributed by atoms with Crippen molar-refractivity contribution < 1.29 is 17.6 Å². The highest BCUT2D eigenvalue weighted by atomic mass is 32.2. The highest BCUT2D eigenvalue weighted by molar-refractivity contribution is 7.88. The minimum atomic E-state index is -3.19. The summed E-state index contributed by atoms with van der Waals surface area (Å²) in [5.74, 6) is -0.320. The van der Waals surface area contributed by atoms with E-state index in [0.29, 0.717) is 32.6 Å². The normalized spacial score (nSPS) is 11.5. The van der Waals surface area contributed by atoms with Crippen molar-refractivity contribution in [2.45, 2.75) is 19.9 Å². The van der Waals surface area contributed by atoms with Gasteiger partial charge in [-0.1, -0.05) is 19.1 Å². The fraction of sp³-hybridized carbons (Fsp3) is 0.500. The van der Waals surface area contributed by atoms with Crippen LogP contribution in [0.2, 0.25) is 0 Å². The summed E-state index contributed by atoms with van der Waals surface area (Å²) < 4.78 is 36.8. The molecule has 0 spiro atoms. The standard InChI is InChI=1S/C14H22FN3O3S/c1-3-18(22(2,20)21)10-4-9-16-14(19)17-11-12-5-7-13(15)8-6-12/h5-8H,3-4,9-11H2,1-2H3,(H2,16,17,19). The number of benzene rings is 1. The Morgan fingerprint density at radius 3 is 2.41 bits per heavy atom. The first-order valence-electron chi connectivity index (χ1n) is 7.04. The lowest BCUT2D eigenvalue weighted by molar-refractivity contribution is 0.240. The van der Waals surface area contributed by atoms with Crippen LogP contribution in [0.1, 0.15) is 18.9 Å². The van der Waals surface area contributed by atoms with E-state index in [-0.39, 0.29) is 11.8 Å². The second-order valence-corrected chi connectivity index (χ2v) is 6.83. The molecule has 1 rings (SSSR count). The third kappa shape index (κ3) is 6.86. The van der Waals surface area contributed by atoms with Crippen LogP contribution in [0.5, 0.6) is 0 Å². The van der Waals surface area contributed by atoms with Crippen LogP contribution in [0, 0.1) is 5.82 Å². The molecule has 1 aromatic rings. The number of amides is 2. The van der Waals surface area contributed by atoms with E-state index in [4.69, 9.17) is 0 Å². The molecule has 124 valence electrons. The number of urea groups is 1. The third-order valence-electron chi connectivity index (χ3n) is 3.06. The van der Waals surface area contributed by atoms with Crippen molar-refractivity contribution in [3.05, 3.63) is 35.6 Å². The van der Waals surface area contributed by atoms with Crippen molar-refractivity contribution in [1.29, 1.82) is 0 Å². The Kier molecular flexibility index (Phi) is 7.26. The Morgan fingerprint density at radius 1 is 1.23 bits per heavy atom. The fourth-order valence-electron chi connectivity index (χ4n) is 1.86. The number of halogens is 1. The first kappa shape index (κ1) is 18.4. The minimum Gasteiger partial charge on any atom is -0.338 e. The van der Waals surface area contributed by atoms with E-state index in [1.165, 1.54) is 22.7 Å². The zero-order valence-corrected chi connectivity index (χ0v) is 13.6. The lowest BCUT2D eigenvalue weighted by Crippen LogP contribution is -2.37. The van der Waals surface area contributed by atoms with Crippen LogP contribution >= 0.6 is 0 Å². The molecule has 0 radical (unpaired) electrons. The molecule has 6 nitrogen and oxygen atoms in total. The molecule has 0 atom stereocenters. The van der Waals surface area contributed by atoms with Crippen LogP contribution in [-0.2, 0) is 16.6 Å². The van der Waals surface area contributed by atoms with Crippen molar-refractivity contribution in [3.63, 3.8) is 0 Å². The number of hydrogen-bond donors (Lipinski definition) is 2. The van der Waals surface area contributed by atoms with Gasteiger partial charge in [-0.2, -0.15) is 0 Å². The molecule has 22 heavy (non-hydrogen) atoms. The van der Waals surface area contributed by atoms with E-state index in [9.17, 15) is 17.6 Å². The summed E-state index contributed by atoms with van der Waals surface area (Å²) in [7, 11) is -3.19. The molecule has 0 saturated carbocycles. The smallest absolute Gasteiger partial charge is 0.315 e. The Hall–Kier alpha value is -1.67. The average Bonchev–Trinajstić information content (AvgIpc) is 2.45. The molecule has 0 saturated heterocycles. The number of nitrogens with one attached hydrogen (secondary N) is 2. The molecule has 2 amide bonds. The Balaban J connectivity index is 2.22. The summed E-state index contributed by atoms with van der Waals surface area (Å²) in [6, 6.07) is 5.52. The molecule has 0 fully saturated rings. The predicted octanol–water partition coefficient (Wildman–Crippen LogP) is 1.30. The topological polar surface area (TPSA) is 78.5 Å². The zero-order chi connectivity index (χ0) is 16.6. The first-order chi connectivity index (χ1) is 10.3. The quantitative estimate of drug-likeness (QED) is 0.705. The largest absolute Gasteiger partial charge is 0.338 e. The molecule has 2 N–H and O–H groups in total. The fourth-order valence-corrected chi connectivity index (χ4v) is 2.79. The maximum atomic E-state index is 12.7. The third-order valence-corrected chi connectivity index (χ3v) is 4.44. The number of nitrogens with zero attached hydrogens (tertiary/aromatic N) is 1. The van der Waals surface area contributed by atoms with Crippen LogP contribution in [0.4, 0.5) is 9.18 Å². The van der Waals surface area contributed by atoms with Crippen LogP contribution < -0.4 is 10.6 Å². The van der Waals surface area contributed by atoms with Gasteiger partial charge in [-0.25, -0.2) is 21.9 Å². The first-order valence-corrected chi connectivity index (χ1v) is 8.89. The van der Waals surface area contributed by atoms with Crippen molar-refractivity contribution in [1.82, 2.24) is 14.9 Å². The second-order valence-electron chi connectivity index (χ2n) is 4.84. The van der Waals surface area contributed by atoms with Crippen LogP contribution in [-0.4, -0.2) is 44.6 Å². The highest BCUT2D eigenvalue weighted by Gasteiger charge is 2.13. The Labute approximate surface area is 130 Å². The zero-order valence-electron chi connectivity index (χ0n) is 12.8. The molecule has 8 heteroatoms. The SMILES string of the molecule is CCN(CCCNC(=O)NCc1ccc(F)cc1)S(C)(=O)=O.